The summed E-state index contributed by atoms with van der Waals surface area (Å²) in [6, 6.07) is 15.2. The first kappa shape index (κ1) is 117. The van der Waals surface area contributed by atoms with Crippen LogP contribution in [0, 0.1) is 74.4 Å². The lowest BCUT2D eigenvalue weighted by Crippen LogP contribution is -2.43. The van der Waals surface area contributed by atoms with E-state index in [2.05, 4.69) is 88.1 Å². The highest BCUT2D eigenvalue weighted by molar-refractivity contribution is 8.00. The number of ketones is 1. The van der Waals surface area contributed by atoms with E-state index in [1.54, 1.807) is 70.6 Å². The van der Waals surface area contributed by atoms with E-state index in [0.29, 0.717) is 74.8 Å². The molecule has 5 rings (SSSR count). The molecule has 0 spiro atoms. The second kappa shape index (κ2) is 57.6. The van der Waals surface area contributed by atoms with Gasteiger partial charge in [-0.1, -0.05) is 238 Å². The molecule has 122 heavy (non-hydrogen) atoms. The molecule has 2 aliphatic heterocycles. The van der Waals surface area contributed by atoms with Gasteiger partial charge in [0.05, 0.1) is 35.8 Å². The number of aryl methyl sites for hydroxylation is 1. The third-order valence-corrected chi connectivity index (χ3v) is 24.9. The van der Waals surface area contributed by atoms with E-state index >= 15 is 0 Å². The number of rotatable bonds is 40. The summed E-state index contributed by atoms with van der Waals surface area (Å²) in [6.45, 7) is 48.1. The third-order valence-electron chi connectivity index (χ3n) is 21.4. The molecular weight excluding hydrogens is 1610 g/mol. The molecule has 11 N–H and O–H groups in total. The monoisotopic (exact) mass is 1780 g/mol. The second-order valence-corrected chi connectivity index (χ2v) is 45.4. The molecule has 2 heterocycles. The zero-order valence-corrected chi connectivity index (χ0v) is 81.1. The van der Waals surface area contributed by atoms with E-state index in [-0.39, 0.29) is 85.9 Å². The van der Waals surface area contributed by atoms with Crippen molar-refractivity contribution in [2.45, 2.75) is 343 Å². The summed E-state index contributed by atoms with van der Waals surface area (Å²) in [5, 5.41) is 75.6. The highest BCUT2D eigenvalue weighted by atomic mass is 32.2. The fraction of sp³-hybridized carbons (Fsp3) is 0.737. The van der Waals surface area contributed by atoms with Gasteiger partial charge in [0.25, 0.3) is 5.91 Å². The van der Waals surface area contributed by atoms with Crippen LogP contribution in [0.3, 0.4) is 0 Å². The summed E-state index contributed by atoms with van der Waals surface area (Å²) in [5.41, 5.74) is 3.28. The molecule has 3 fully saturated rings. The fourth-order valence-electron chi connectivity index (χ4n) is 14.9. The van der Waals surface area contributed by atoms with Gasteiger partial charge in [-0.15, -0.1) is 0 Å². The van der Waals surface area contributed by atoms with Crippen LogP contribution >= 0.6 is 23.5 Å². The normalized spacial score (nSPS) is 17.1. The molecule has 8 unspecified atom stereocenters. The molecule has 9 atom stereocenters. The molecule has 1 saturated carbocycles. The maximum atomic E-state index is 12.0. The number of hydrogen-bond acceptors (Lipinski definition) is 16. The molecular formula is C95H162N4O20S3. The summed E-state index contributed by atoms with van der Waals surface area (Å²) in [7, 11) is -3.08. The third kappa shape index (κ3) is 58.2. The van der Waals surface area contributed by atoms with Gasteiger partial charge in [0, 0.05) is 66.8 Å². The number of fused-ring (bicyclic) bond motifs is 1. The van der Waals surface area contributed by atoms with Crippen LogP contribution in [0.25, 0.3) is 0 Å². The first-order valence-electron chi connectivity index (χ1n) is 43.8. The number of carboxylic acids is 7. The number of sulfone groups is 1. The van der Waals surface area contributed by atoms with Crippen molar-refractivity contribution in [1.29, 1.82) is 0 Å². The second-order valence-electron chi connectivity index (χ2n) is 40.5. The number of carboxylic acid groups (broad SMARTS) is 7. The van der Waals surface area contributed by atoms with Gasteiger partial charge in [-0.3, -0.25) is 38.4 Å². The number of benzene rings is 2. The van der Waals surface area contributed by atoms with Crippen LogP contribution < -0.4 is 21.3 Å². The van der Waals surface area contributed by atoms with Gasteiger partial charge in [0.1, 0.15) is 27.7 Å². The number of carbonyl (C=O) groups excluding carboxylic acids is 4. The first-order chi connectivity index (χ1) is 55.9. The van der Waals surface area contributed by atoms with Crippen molar-refractivity contribution in [3.05, 3.63) is 83.6 Å². The minimum atomic E-state index is -3.08. The number of allylic oxidation sites excluding steroid dienone is 1. The fourth-order valence-corrected chi connectivity index (χ4v) is 17.9. The van der Waals surface area contributed by atoms with Crippen LogP contribution in [0.15, 0.2) is 66.9 Å². The molecule has 2 aromatic rings. The molecule has 3 aliphatic rings. The first-order valence-corrected chi connectivity index (χ1v) is 48.1. The Morgan fingerprint density at radius 1 is 0.582 bits per heavy atom. The van der Waals surface area contributed by atoms with E-state index in [9.17, 15) is 76.5 Å². The zero-order chi connectivity index (χ0) is 94.4. The Balaban J connectivity index is 0. The Bertz CT molecular complexity index is 3600. The standard InChI is InChI=1S/C22H38N2O3S.2C16H23NO3.C13H24O2.C10H20O2S.C9H18O4S.C9H16O3/c1-15-13-16-18(24-15)14-28-19(16)10-5-6-11-20(25)23-12-8-7-9-17(21(26)27)22(2,3)4;1-11-5-7-12(8-6-11)9-13(15(19)20)17-14(18)10-16(2,3)4;1-16(2,3)11-7-10-13(15(19)20)17-14(18)12-8-5-4-6-9-12;1-12(2,3)10-13(9-11(14)15)7-5-4-6-8-13;1-5-13-7-6-8(9(11)12)10(2,3)4;1-9(2,3)7(8(10)11)5-6-14(4,12)13;1-7(9(11)12)5-3-4-6-8(2)10/h16-19,24H,1,5-14H2,2-4H3,(H,23,25)(H,26,27);5-8,13H,9-10H2,1-4H3,(H,17,18)(H,19,20);4-6,8-9,13H,7,10-11H2,1-3H3,(H,17,18)(H,19,20);4-10H2,1-3H3,(H,14,15);8H,5-7H2,1-4H3,(H,11,12);7H,5-6H2,1-4H3,(H,10,11);7H,3-6H2,1-2H3,(H,11,12)/t;;;;;;7-/m......1/s1. The molecule has 2 saturated heterocycles. The smallest absolute Gasteiger partial charge is 0.326 e. The predicted octanol–water partition coefficient (Wildman–Crippen LogP) is 19.6. The Kier molecular flexibility index (Phi) is 55.2. The Labute approximate surface area is 742 Å². The summed E-state index contributed by atoms with van der Waals surface area (Å²) in [6.07, 6.45) is 22.3. The highest BCUT2D eigenvalue weighted by Crippen LogP contribution is 2.48. The van der Waals surface area contributed by atoms with Crippen molar-refractivity contribution in [2.75, 3.05) is 35.8 Å². The van der Waals surface area contributed by atoms with Crippen molar-refractivity contribution in [2.24, 2.45) is 67.5 Å². The van der Waals surface area contributed by atoms with Gasteiger partial charge in [-0.25, -0.2) is 18.0 Å². The lowest BCUT2D eigenvalue weighted by Gasteiger charge is -2.40. The summed E-state index contributed by atoms with van der Waals surface area (Å²) >= 11 is 3.88. The number of amides is 3. The van der Waals surface area contributed by atoms with Gasteiger partial charge >= 0.3 is 41.8 Å². The summed E-state index contributed by atoms with van der Waals surface area (Å²) in [4.78, 5) is 123. The number of nitrogens with one attached hydrogen (secondary N) is 4. The molecule has 0 aromatic heterocycles. The van der Waals surface area contributed by atoms with E-state index < -0.39 is 75.0 Å². The maximum Gasteiger partial charge on any atom is 0.326 e. The van der Waals surface area contributed by atoms with Crippen molar-refractivity contribution in [1.82, 2.24) is 21.3 Å². The molecule has 700 valence electrons. The van der Waals surface area contributed by atoms with Crippen LogP contribution in [0.5, 0.6) is 0 Å². The number of carbonyl (C=O) groups is 11. The lowest BCUT2D eigenvalue weighted by atomic mass is 9.64. The summed E-state index contributed by atoms with van der Waals surface area (Å²) < 4.78 is 21.8. The van der Waals surface area contributed by atoms with Gasteiger partial charge in [0.15, 0.2) is 0 Å². The van der Waals surface area contributed by atoms with Crippen LogP contribution in [-0.2, 0) is 64.2 Å². The van der Waals surface area contributed by atoms with Crippen molar-refractivity contribution in [3.8, 4) is 0 Å². The van der Waals surface area contributed by atoms with E-state index in [1.807, 2.05) is 99.6 Å². The largest absolute Gasteiger partial charge is 0.481 e. The molecule has 24 nitrogen and oxygen atoms in total. The zero-order valence-electron chi connectivity index (χ0n) is 78.7. The molecule has 27 heteroatoms. The topological polar surface area (TPSA) is 412 Å². The maximum absolute atomic E-state index is 12.0. The molecule has 3 amide bonds. The Morgan fingerprint density at radius 3 is 1.56 bits per heavy atom. The van der Waals surface area contributed by atoms with E-state index in [1.165, 1.54) is 37.1 Å². The highest BCUT2D eigenvalue weighted by Gasteiger charge is 2.42. The Morgan fingerprint density at radius 2 is 1.10 bits per heavy atom. The van der Waals surface area contributed by atoms with Crippen molar-refractivity contribution >= 4 is 98.7 Å². The van der Waals surface area contributed by atoms with E-state index in [4.69, 9.17) is 20.4 Å². The lowest BCUT2D eigenvalue weighted by molar-refractivity contribution is -0.146. The van der Waals surface area contributed by atoms with Crippen LogP contribution in [0.4, 0.5) is 0 Å². The molecule has 0 bridgehead atoms. The number of thioether (sulfide) groups is 2. The van der Waals surface area contributed by atoms with Crippen molar-refractivity contribution < 1.29 is 96.9 Å². The van der Waals surface area contributed by atoms with E-state index in [0.717, 1.165) is 118 Å². The quantitative estimate of drug-likeness (QED) is 0.0276. The van der Waals surface area contributed by atoms with Gasteiger partial charge in [0.2, 0.25) is 11.8 Å². The number of Topliss-reactive ketones (excluding diaryl/α,β-unsaturated/α-hetero) is 1. The minimum Gasteiger partial charge on any atom is -0.481 e. The number of hydrogen-bond donors (Lipinski definition) is 11. The molecule has 1 aliphatic carbocycles. The van der Waals surface area contributed by atoms with Crippen LogP contribution in [-0.4, -0.2) is 169 Å². The predicted molar refractivity (Wildman–Crippen MR) is 494 cm³/mol. The average Bonchev–Trinajstić information content (AvgIpc) is 1.53. The number of aliphatic carboxylic acids is 7. The molecule has 2 aromatic carbocycles. The summed E-state index contributed by atoms with van der Waals surface area (Å²) in [5.74, 6) is -3.52. The number of unbranched alkanes of at least 4 members (excludes halogenated alkanes) is 3. The van der Waals surface area contributed by atoms with Crippen LogP contribution in [0.1, 0.15) is 327 Å². The van der Waals surface area contributed by atoms with Gasteiger partial charge < -0.3 is 61.8 Å². The van der Waals surface area contributed by atoms with Gasteiger partial charge in [-0.2, -0.15) is 23.5 Å². The van der Waals surface area contributed by atoms with Crippen molar-refractivity contribution in [3.63, 3.8) is 0 Å². The molecule has 0 radical (unpaired) electrons. The SMILES string of the molecule is C=C1CC2C(CSC2CCCCC(=O)NCCCCC(C(=O)O)C(C)(C)C)N1.CC(=O)CCCC[C@@H](C)C(=O)O.CC(C)(C)C(CCS(C)(=O)=O)C(=O)O.CC(C)(C)CC1(CC(=O)O)CCCCC1.CC(C)(C)CCCC(NC(=O)c1ccccc1)C(=O)O.CCSCCC(C(=O)O)C(C)(C)C.Cc1ccc(CC(NC(=O)CC(C)(C)C)C(=O)O)cc1. The Hall–Kier alpha value is -7.00. The minimum absolute atomic E-state index is 0.0682. The van der Waals surface area contributed by atoms with Crippen LogP contribution in [0.2, 0.25) is 0 Å². The average molecular weight is 1780 g/mol. The van der Waals surface area contributed by atoms with Gasteiger partial charge in [-0.05, 0) is 177 Å².